The third-order valence-electron chi connectivity index (χ3n) is 26.7. The summed E-state index contributed by atoms with van der Waals surface area (Å²) in [7, 11) is 0. The molecule has 149 heavy (non-hydrogen) atoms. The summed E-state index contributed by atoms with van der Waals surface area (Å²) in [6, 6.07) is 99.3. The van der Waals surface area contributed by atoms with Gasteiger partial charge in [0.1, 0.15) is 11.6 Å². The maximum atomic E-state index is 9.82. The molecule has 12 heteroatoms. The van der Waals surface area contributed by atoms with Gasteiger partial charge in [0.25, 0.3) is 12.7 Å². The van der Waals surface area contributed by atoms with Crippen LogP contribution in [0.1, 0.15) is 138 Å². The van der Waals surface area contributed by atoms with E-state index in [1.165, 1.54) is 39.3 Å². The SMILES string of the molecule is CC(C)(C)c1cc(Oc2[c-]c3c(cc2)c2ccccc2n3-c2cc(C(C)(C)C)ccn2)[c-]c(-n2[c-][n+](-c3c(-c4ccc(-c5ccccc5)cc4)cccc3-c3ccc(-c4ccccc4)cc3)c3ccccc32)c1.[2H]c1c([2H])c([2H])c(-c2c([2H])c([2H])c(-c3c([2H])c([2H])c([2H])c(-c4c([2H])c([2H])c(-c5c([2H])c([2H])c(C)c([2H])c5[2H])c([2H])c4[2H])c3-[n+]3[c-]n(-c4[c-]c(Oc5[c-]c6c(cc5)c5ccccc5n6-c5cc(C(C)(C)C)ccn5)cc(C(C)(C)C)c4)c4ccccc43)c([2H])c2[2H])c([2H])c1[2H].[Pt].[Pt]. The van der Waals surface area contributed by atoms with Gasteiger partial charge in [-0.05, 0) is 187 Å². The second-order valence-electron chi connectivity index (χ2n) is 40.7. The van der Waals surface area contributed by atoms with E-state index in [1.807, 2.05) is 86.1 Å². The first-order valence-corrected chi connectivity index (χ1v) is 48.9. The summed E-state index contributed by atoms with van der Waals surface area (Å²) in [5, 5.41) is 4.07. The molecule has 6 heterocycles. The summed E-state index contributed by atoms with van der Waals surface area (Å²) >= 11 is 0. The van der Waals surface area contributed by atoms with E-state index in [1.54, 1.807) is 41.1 Å². The second-order valence-corrected chi connectivity index (χ2v) is 40.7. The number of ether oxygens (including phenoxy) is 2. The number of para-hydroxylation sites is 8. The number of imidazole rings is 2. The topological polar surface area (TPSA) is 71.7 Å². The molecule has 0 unspecified atom stereocenters. The van der Waals surface area contributed by atoms with Gasteiger partial charge in [0.05, 0.1) is 60.9 Å². The van der Waals surface area contributed by atoms with Crippen LogP contribution in [-0.2, 0) is 63.8 Å². The molecule has 6 aromatic heterocycles. The summed E-state index contributed by atoms with van der Waals surface area (Å²) < 4.78 is 209. The van der Waals surface area contributed by atoms with Crippen LogP contribution in [0.4, 0.5) is 0 Å². The van der Waals surface area contributed by atoms with E-state index in [4.69, 9.17) is 31.8 Å². The first-order valence-electron chi connectivity index (χ1n) is 58.9. The van der Waals surface area contributed by atoms with Crippen LogP contribution in [0.2, 0.25) is 0 Å². The molecule has 0 fully saturated rings. The molecule has 0 aliphatic rings. The fourth-order valence-corrected chi connectivity index (χ4v) is 18.9. The van der Waals surface area contributed by atoms with E-state index >= 15 is 0 Å². The molecule has 0 amide bonds. The normalized spacial score (nSPS) is 13.7. The maximum absolute atomic E-state index is 9.82. The Bertz CT molecular complexity index is 10100. The van der Waals surface area contributed by atoms with Gasteiger partial charge >= 0.3 is 0 Å². The van der Waals surface area contributed by atoms with Crippen LogP contribution in [0.5, 0.6) is 23.0 Å². The fraction of sp³-hybridized carbons (Fsp3) is 0.124. The Morgan fingerprint density at radius 2 is 0.617 bits per heavy atom. The average molecular weight is 2310 g/mol. The molecule has 0 N–H and O–H groups in total. The molecule has 0 aliphatic heterocycles. The number of hydrogen-bond donors (Lipinski definition) is 0. The van der Waals surface area contributed by atoms with E-state index in [0.29, 0.717) is 34.1 Å². The van der Waals surface area contributed by atoms with Gasteiger partial charge in [0, 0.05) is 88.6 Å². The number of fused-ring (bicyclic) bond motifs is 8. The van der Waals surface area contributed by atoms with Crippen molar-refractivity contribution in [3.05, 3.63) is 495 Å². The molecule has 0 atom stereocenters. The van der Waals surface area contributed by atoms with Crippen LogP contribution < -0.4 is 18.6 Å². The molecule has 24 aromatic rings. The van der Waals surface area contributed by atoms with Crippen molar-refractivity contribution in [3.63, 3.8) is 0 Å². The van der Waals surface area contributed by atoms with Gasteiger partial charge in [-0.1, -0.05) is 433 Å². The second kappa shape index (κ2) is 40.5. The minimum absolute atomic E-state index is 0. The summed E-state index contributed by atoms with van der Waals surface area (Å²) in [5.41, 5.74) is 14.7. The number of aromatic nitrogens is 8. The smallest absolute Gasteiger partial charge is 0.268 e. The number of hydrogen-bond acceptors (Lipinski definition) is 4. The van der Waals surface area contributed by atoms with Crippen LogP contribution >= 0.6 is 0 Å². The predicted octanol–water partition coefficient (Wildman–Crippen LogP) is 34.0. The molecule has 0 saturated heterocycles. The van der Waals surface area contributed by atoms with Gasteiger partial charge in [-0.3, -0.25) is 9.13 Å². The molecule has 0 bridgehead atoms. The molecule has 24 rings (SSSR count). The summed E-state index contributed by atoms with van der Waals surface area (Å²) in [4.78, 5) is 9.73. The van der Waals surface area contributed by atoms with Gasteiger partial charge in [0.15, 0.2) is 0 Å². The van der Waals surface area contributed by atoms with Gasteiger partial charge in [-0.25, -0.2) is 9.97 Å². The van der Waals surface area contributed by atoms with E-state index in [2.05, 4.69) is 325 Å². The summed E-state index contributed by atoms with van der Waals surface area (Å²) in [5.74, 6) is 3.23. The van der Waals surface area contributed by atoms with Crippen molar-refractivity contribution in [3.8, 4) is 146 Å². The number of benzene rings is 18. The predicted molar refractivity (Wildman–Crippen MR) is 603 cm³/mol. The zero-order valence-electron chi connectivity index (χ0n) is 104. The number of nitrogens with zero attached hydrogens (tertiary/aromatic N) is 8. The quantitative estimate of drug-likeness (QED) is 0.0634. The number of rotatable bonds is 18. The minimum Gasteiger partial charge on any atom is -0.510 e. The molecule has 0 aliphatic carbocycles. The molecule has 18 aromatic carbocycles. The standard InChI is InChI=1S/C69H56N4O.C68H54N4O.2Pt/c1-46-24-26-48(27-25-46)50-30-34-52(35-31-50)59-20-15-19-58(51-32-28-49(29-33-51)47-16-9-8-10-17-47)67(59)72-45-71(63-22-13-14-23-64(63)72)55-40-54(69(5,6)7)41-57(43-55)74-56-36-37-61-60-18-11-12-21-62(60)73(65(61)44-56)66-42-53(38-39-70-66)68(2,3)4;1-67(2,3)52-38-39-69-65(42-52)72-61-25-14-13-22-59(61)60-37-36-55(44-64(60)72)73-56-41-53(68(4,5)6)40-54(43-56)70-45-71(63-27-16-15-26-62(63)70)66-57(50-32-28-48(29-33-50)46-18-9-7-10-19-46)23-17-24-58(66)51-34-30-49(31-35-51)47-20-11-8-12-21-47;;/h8-42H,1-7H3;7-42H,1-6H3;;/q2*-2;;/i8D,9D,10D,15D,16D,17D,19D,20D,24D,25D,26D,27D,28D,29D,30D,31D,32D,33D,34D,35D;;;. The largest absolute Gasteiger partial charge is 0.510 e. The fourth-order valence-electron chi connectivity index (χ4n) is 18.9. The van der Waals surface area contributed by atoms with E-state index in [9.17, 15) is 15.1 Å². The molecule has 0 saturated carbocycles. The zero-order chi connectivity index (χ0) is 118. The van der Waals surface area contributed by atoms with Crippen LogP contribution in [-0.4, -0.2) is 28.2 Å². The van der Waals surface area contributed by atoms with Gasteiger partial charge in [0.2, 0.25) is 0 Å². The van der Waals surface area contributed by atoms with Crippen LogP contribution in [0, 0.1) is 43.8 Å². The van der Waals surface area contributed by atoms with Crippen molar-refractivity contribution in [2.24, 2.45) is 0 Å². The van der Waals surface area contributed by atoms with E-state index in [-0.39, 0.29) is 80.9 Å². The Labute approximate surface area is 929 Å². The Balaban J connectivity index is 0.000000195. The Morgan fingerprint density at radius 1 is 0.268 bits per heavy atom. The summed E-state index contributed by atoms with van der Waals surface area (Å²) in [6.07, 6.45) is 10.9. The molecular formula is C137H110N8O2Pt2-4. The van der Waals surface area contributed by atoms with Crippen LogP contribution in [0.15, 0.2) is 430 Å². The molecule has 10 nitrogen and oxygen atoms in total. The third kappa shape index (κ3) is 19.7. The first-order chi connectivity index (χ1) is 79.6. The van der Waals surface area contributed by atoms with Crippen LogP contribution in [0.3, 0.4) is 0 Å². The average Bonchev–Trinajstić information content (AvgIpc) is 1.70. The summed E-state index contributed by atoms with van der Waals surface area (Å²) in [6.45, 7) is 27.1. The van der Waals surface area contributed by atoms with Crippen molar-refractivity contribution in [2.75, 3.05) is 0 Å². The van der Waals surface area contributed by atoms with E-state index < -0.39 is 176 Å². The molecule has 0 spiro atoms. The number of pyridine rings is 2. The van der Waals surface area contributed by atoms with Gasteiger partial charge in [-0.15, -0.1) is 59.3 Å². The maximum Gasteiger partial charge on any atom is 0.268 e. The van der Waals surface area contributed by atoms with Crippen molar-refractivity contribution in [2.45, 2.75) is 112 Å². The van der Waals surface area contributed by atoms with Crippen molar-refractivity contribution in [1.82, 2.24) is 28.2 Å². The van der Waals surface area contributed by atoms with Crippen molar-refractivity contribution < 1.29 is 88.2 Å². The minimum atomic E-state index is -0.944. The third-order valence-corrected chi connectivity index (χ3v) is 26.7. The Kier molecular flexibility index (Phi) is 21.0. The monoisotopic (exact) mass is 2310 g/mol. The van der Waals surface area contributed by atoms with Crippen molar-refractivity contribution in [1.29, 1.82) is 0 Å². The van der Waals surface area contributed by atoms with Gasteiger partial charge in [-0.2, -0.15) is 35.4 Å². The molecule has 0 radical (unpaired) electrons. The molecular weight excluding hydrogens is 2180 g/mol. The van der Waals surface area contributed by atoms with Crippen molar-refractivity contribution >= 4 is 65.7 Å². The Hall–Kier alpha value is -16.2. The Morgan fingerprint density at radius 3 is 1.03 bits per heavy atom. The molecule has 734 valence electrons. The zero-order valence-corrected chi connectivity index (χ0v) is 88.5. The van der Waals surface area contributed by atoms with E-state index in [0.717, 1.165) is 105 Å². The van der Waals surface area contributed by atoms with Crippen LogP contribution in [0.25, 0.3) is 189 Å². The van der Waals surface area contributed by atoms with Gasteiger partial charge < -0.3 is 27.7 Å². The first kappa shape index (κ1) is 77.2.